The van der Waals surface area contributed by atoms with Crippen LogP contribution in [0.15, 0.2) is 12.3 Å². The Bertz CT molecular complexity index is 191. The van der Waals surface area contributed by atoms with Gasteiger partial charge in [0.25, 0.3) is 0 Å². The summed E-state index contributed by atoms with van der Waals surface area (Å²) in [6.07, 6.45) is 2.41. The highest BCUT2D eigenvalue weighted by Crippen LogP contribution is 2.08. The molecule has 1 atom stereocenters. The van der Waals surface area contributed by atoms with Crippen molar-refractivity contribution in [2.75, 3.05) is 13.6 Å². The Labute approximate surface area is 65.7 Å². The SMILES string of the molecule is CCN1C=CC(O)N(C)C1=O. The summed E-state index contributed by atoms with van der Waals surface area (Å²) < 4.78 is 0. The molecular formula is C7H12N2O2. The van der Waals surface area contributed by atoms with E-state index in [9.17, 15) is 4.79 Å². The Morgan fingerprint density at radius 2 is 2.36 bits per heavy atom. The fourth-order valence-electron chi connectivity index (χ4n) is 0.930. The van der Waals surface area contributed by atoms with Gasteiger partial charge in [0.05, 0.1) is 0 Å². The summed E-state index contributed by atoms with van der Waals surface area (Å²) in [5.41, 5.74) is 0. The molecule has 0 saturated heterocycles. The predicted molar refractivity (Wildman–Crippen MR) is 40.7 cm³/mol. The number of urea groups is 1. The molecule has 1 aliphatic rings. The van der Waals surface area contributed by atoms with E-state index in [1.807, 2.05) is 6.92 Å². The average molecular weight is 156 g/mol. The largest absolute Gasteiger partial charge is 0.370 e. The molecule has 0 fully saturated rings. The molecule has 0 aliphatic carbocycles. The minimum absolute atomic E-state index is 0.164. The summed E-state index contributed by atoms with van der Waals surface area (Å²) in [5.74, 6) is 0. The summed E-state index contributed by atoms with van der Waals surface area (Å²) in [6, 6.07) is -0.164. The van der Waals surface area contributed by atoms with E-state index in [1.165, 1.54) is 9.80 Å². The Balaban J connectivity index is 2.76. The van der Waals surface area contributed by atoms with Crippen LogP contribution in [0, 0.1) is 0 Å². The molecule has 1 heterocycles. The second-order valence-corrected chi connectivity index (χ2v) is 2.43. The molecule has 2 amide bonds. The second kappa shape index (κ2) is 2.92. The first-order chi connectivity index (χ1) is 5.16. The predicted octanol–water partition coefficient (Wildman–Crippen LogP) is 0.206. The summed E-state index contributed by atoms with van der Waals surface area (Å²) in [6.45, 7) is 2.51. The van der Waals surface area contributed by atoms with Crippen molar-refractivity contribution in [2.45, 2.75) is 13.2 Å². The van der Waals surface area contributed by atoms with Gasteiger partial charge < -0.3 is 10.0 Å². The van der Waals surface area contributed by atoms with E-state index < -0.39 is 6.23 Å². The number of rotatable bonds is 1. The molecule has 4 heteroatoms. The highest BCUT2D eigenvalue weighted by Gasteiger charge is 2.23. The summed E-state index contributed by atoms with van der Waals surface area (Å²) >= 11 is 0. The van der Waals surface area contributed by atoms with Crippen LogP contribution in [0.2, 0.25) is 0 Å². The molecular weight excluding hydrogens is 144 g/mol. The van der Waals surface area contributed by atoms with Crippen LogP contribution in [0.3, 0.4) is 0 Å². The molecule has 0 spiro atoms. The van der Waals surface area contributed by atoms with Gasteiger partial charge in [0.2, 0.25) is 0 Å². The maximum absolute atomic E-state index is 11.2. The third kappa shape index (κ3) is 1.35. The minimum atomic E-state index is -0.773. The Hall–Kier alpha value is -1.03. The number of aliphatic hydroxyl groups excluding tert-OH is 1. The molecule has 0 aromatic carbocycles. The highest BCUT2D eigenvalue weighted by molar-refractivity contribution is 5.76. The first kappa shape index (κ1) is 8.07. The zero-order chi connectivity index (χ0) is 8.43. The molecule has 0 radical (unpaired) electrons. The van der Waals surface area contributed by atoms with E-state index >= 15 is 0 Å². The number of hydrogen-bond acceptors (Lipinski definition) is 2. The van der Waals surface area contributed by atoms with Gasteiger partial charge >= 0.3 is 6.03 Å². The molecule has 1 N–H and O–H groups in total. The Kier molecular flexibility index (Phi) is 2.14. The van der Waals surface area contributed by atoms with Crippen LogP contribution in [0.1, 0.15) is 6.92 Å². The number of amides is 2. The van der Waals surface area contributed by atoms with Crippen molar-refractivity contribution in [3.8, 4) is 0 Å². The maximum Gasteiger partial charge on any atom is 0.326 e. The standard InChI is InChI=1S/C7H12N2O2/c1-3-9-5-4-6(10)8(2)7(9)11/h4-6,10H,3H2,1-2H3. The quantitative estimate of drug-likeness (QED) is 0.589. The third-order valence-electron chi connectivity index (χ3n) is 1.72. The first-order valence-corrected chi connectivity index (χ1v) is 3.56. The maximum atomic E-state index is 11.2. The molecule has 1 aliphatic heterocycles. The van der Waals surface area contributed by atoms with Gasteiger partial charge in [0, 0.05) is 19.8 Å². The monoisotopic (exact) mass is 156 g/mol. The highest BCUT2D eigenvalue weighted by atomic mass is 16.3. The van der Waals surface area contributed by atoms with Gasteiger partial charge in [-0.2, -0.15) is 0 Å². The van der Waals surface area contributed by atoms with E-state index in [4.69, 9.17) is 5.11 Å². The van der Waals surface area contributed by atoms with E-state index in [0.29, 0.717) is 6.54 Å². The van der Waals surface area contributed by atoms with Crippen LogP contribution in [-0.2, 0) is 0 Å². The van der Waals surface area contributed by atoms with Gasteiger partial charge in [-0.15, -0.1) is 0 Å². The lowest BCUT2D eigenvalue weighted by Gasteiger charge is -2.31. The van der Waals surface area contributed by atoms with E-state index in [2.05, 4.69) is 0 Å². The summed E-state index contributed by atoms with van der Waals surface area (Å²) in [4.78, 5) is 14.0. The molecule has 0 bridgehead atoms. The smallest absolute Gasteiger partial charge is 0.326 e. The minimum Gasteiger partial charge on any atom is -0.370 e. The number of aliphatic hydroxyl groups is 1. The Morgan fingerprint density at radius 3 is 2.91 bits per heavy atom. The van der Waals surface area contributed by atoms with Gasteiger partial charge in [-0.05, 0) is 13.0 Å². The fourth-order valence-corrected chi connectivity index (χ4v) is 0.930. The van der Waals surface area contributed by atoms with Crippen LogP contribution < -0.4 is 0 Å². The molecule has 0 aromatic rings. The normalized spacial score (nSPS) is 24.6. The van der Waals surface area contributed by atoms with E-state index in [0.717, 1.165) is 0 Å². The molecule has 11 heavy (non-hydrogen) atoms. The second-order valence-electron chi connectivity index (χ2n) is 2.43. The molecule has 0 saturated carbocycles. The van der Waals surface area contributed by atoms with Crippen molar-refractivity contribution in [1.82, 2.24) is 9.80 Å². The van der Waals surface area contributed by atoms with Crippen LogP contribution in [0.5, 0.6) is 0 Å². The number of likely N-dealkylation sites (N-methyl/N-ethyl adjacent to an activating group) is 1. The lowest BCUT2D eigenvalue weighted by atomic mass is 10.4. The first-order valence-electron chi connectivity index (χ1n) is 3.56. The topological polar surface area (TPSA) is 43.8 Å². The molecule has 1 unspecified atom stereocenters. The molecule has 62 valence electrons. The summed E-state index contributed by atoms with van der Waals surface area (Å²) in [5, 5.41) is 9.15. The van der Waals surface area contributed by atoms with Crippen molar-refractivity contribution >= 4 is 6.03 Å². The third-order valence-corrected chi connectivity index (χ3v) is 1.72. The summed E-state index contributed by atoms with van der Waals surface area (Å²) in [7, 11) is 1.57. The lowest BCUT2D eigenvalue weighted by Crippen LogP contribution is -2.46. The average Bonchev–Trinajstić information content (AvgIpc) is 2.01. The fraction of sp³-hybridized carbons (Fsp3) is 0.571. The number of nitrogens with zero attached hydrogens (tertiary/aromatic N) is 2. The van der Waals surface area contributed by atoms with Crippen molar-refractivity contribution < 1.29 is 9.90 Å². The molecule has 0 aromatic heterocycles. The van der Waals surface area contributed by atoms with Crippen LogP contribution >= 0.6 is 0 Å². The van der Waals surface area contributed by atoms with Crippen molar-refractivity contribution in [3.05, 3.63) is 12.3 Å². The van der Waals surface area contributed by atoms with Gasteiger partial charge in [0.15, 0.2) is 6.23 Å². The van der Waals surface area contributed by atoms with Gasteiger partial charge in [-0.25, -0.2) is 4.79 Å². The van der Waals surface area contributed by atoms with Crippen molar-refractivity contribution in [2.24, 2.45) is 0 Å². The zero-order valence-corrected chi connectivity index (χ0v) is 6.69. The van der Waals surface area contributed by atoms with Gasteiger partial charge in [0.1, 0.15) is 0 Å². The van der Waals surface area contributed by atoms with Crippen LogP contribution in [0.25, 0.3) is 0 Å². The molecule has 4 nitrogen and oxygen atoms in total. The number of carbonyl (C=O) groups is 1. The lowest BCUT2D eigenvalue weighted by molar-refractivity contribution is 0.0627. The van der Waals surface area contributed by atoms with Gasteiger partial charge in [-0.1, -0.05) is 0 Å². The Morgan fingerprint density at radius 1 is 1.73 bits per heavy atom. The van der Waals surface area contributed by atoms with Crippen LogP contribution in [0.4, 0.5) is 4.79 Å². The van der Waals surface area contributed by atoms with E-state index in [-0.39, 0.29) is 6.03 Å². The van der Waals surface area contributed by atoms with Crippen molar-refractivity contribution in [1.29, 1.82) is 0 Å². The number of hydrogen-bond donors (Lipinski definition) is 1. The number of carbonyl (C=O) groups excluding carboxylic acids is 1. The zero-order valence-electron chi connectivity index (χ0n) is 6.69. The van der Waals surface area contributed by atoms with Crippen molar-refractivity contribution in [3.63, 3.8) is 0 Å². The van der Waals surface area contributed by atoms with E-state index in [1.54, 1.807) is 19.3 Å². The van der Waals surface area contributed by atoms with Crippen LogP contribution in [-0.4, -0.2) is 40.8 Å². The molecule has 1 rings (SSSR count). The van der Waals surface area contributed by atoms with Gasteiger partial charge in [-0.3, -0.25) is 4.90 Å².